The zero-order valence-corrected chi connectivity index (χ0v) is 13.0. The van der Waals surface area contributed by atoms with Crippen LogP contribution < -0.4 is 14.8 Å². The molecule has 1 aromatic carbocycles. The van der Waals surface area contributed by atoms with E-state index in [2.05, 4.69) is 37.9 Å². The summed E-state index contributed by atoms with van der Waals surface area (Å²) in [6, 6.07) is 8.73. The SMILES string of the molecule is COc1cc(OC)nc(NC(=O)c2cccc(I)c2)n1. The Hall–Kier alpha value is -1.90. The lowest BCUT2D eigenvalue weighted by Crippen LogP contribution is -2.14. The molecule has 0 atom stereocenters. The van der Waals surface area contributed by atoms with Gasteiger partial charge in [0.05, 0.1) is 20.3 Å². The van der Waals surface area contributed by atoms with Gasteiger partial charge in [0.25, 0.3) is 5.91 Å². The maximum Gasteiger partial charge on any atom is 0.258 e. The molecule has 0 spiro atoms. The first-order valence-electron chi connectivity index (χ1n) is 5.66. The molecule has 0 saturated heterocycles. The molecule has 1 N–H and O–H groups in total. The highest BCUT2D eigenvalue weighted by molar-refractivity contribution is 14.1. The molecule has 0 aliphatic carbocycles. The molecule has 0 fully saturated rings. The van der Waals surface area contributed by atoms with Crippen LogP contribution in [-0.4, -0.2) is 30.1 Å². The largest absolute Gasteiger partial charge is 0.481 e. The van der Waals surface area contributed by atoms with E-state index in [0.29, 0.717) is 17.3 Å². The molecule has 0 bridgehead atoms. The minimum atomic E-state index is -0.293. The number of rotatable bonds is 4. The molecule has 104 valence electrons. The van der Waals surface area contributed by atoms with Gasteiger partial charge in [-0.25, -0.2) is 0 Å². The van der Waals surface area contributed by atoms with Gasteiger partial charge in [-0.15, -0.1) is 0 Å². The van der Waals surface area contributed by atoms with E-state index < -0.39 is 0 Å². The predicted molar refractivity (Wildman–Crippen MR) is 82.2 cm³/mol. The first-order valence-corrected chi connectivity index (χ1v) is 6.74. The van der Waals surface area contributed by atoms with Crippen molar-refractivity contribution in [3.8, 4) is 11.8 Å². The predicted octanol–water partition coefficient (Wildman–Crippen LogP) is 2.35. The molecule has 0 aliphatic heterocycles. The second-order valence-electron chi connectivity index (χ2n) is 3.74. The van der Waals surface area contributed by atoms with Crippen molar-refractivity contribution in [2.75, 3.05) is 19.5 Å². The fourth-order valence-electron chi connectivity index (χ4n) is 1.47. The average Bonchev–Trinajstić information content (AvgIpc) is 2.46. The van der Waals surface area contributed by atoms with Crippen LogP contribution in [0.4, 0.5) is 5.95 Å². The standard InChI is InChI=1S/C13H12IN3O3/c1-19-10-7-11(20-2)16-13(15-10)17-12(18)8-4-3-5-9(14)6-8/h3-7H,1-2H3,(H,15,16,17,18). The van der Waals surface area contributed by atoms with Crippen LogP contribution in [0.2, 0.25) is 0 Å². The van der Waals surface area contributed by atoms with E-state index in [4.69, 9.17) is 9.47 Å². The van der Waals surface area contributed by atoms with Crippen LogP contribution in [0.25, 0.3) is 0 Å². The molecule has 1 aromatic heterocycles. The first kappa shape index (κ1) is 14.5. The Labute approximate surface area is 129 Å². The summed E-state index contributed by atoms with van der Waals surface area (Å²) in [6.07, 6.45) is 0. The second kappa shape index (κ2) is 6.51. The summed E-state index contributed by atoms with van der Waals surface area (Å²) in [7, 11) is 2.96. The van der Waals surface area contributed by atoms with Crippen LogP contribution >= 0.6 is 22.6 Å². The number of amides is 1. The molecule has 6 nitrogen and oxygen atoms in total. The molecule has 0 saturated carbocycles. The fraction of sp³-hybridized carbons (Fsp3) is 0.154. The summed E-state index contributed by atoms with van der Waals surface area (Å²) in [6.45, 7) is 0. The number of nitrogens with one attached hydrogen (secondary N) is 1. The molecular formula is C13H12IN3O3. The van der Waals surface area contributed by atoms with E-state index in [1.165, 1.54) is 20.3 Å². The number of nitrogens with zero attached hydrogens (tertiary/aromatic N) is 2. The highest BCUT2D eigenvalue weighted by Crippen LogP contribution is 2.18. The summed E-state index contributed by atoms with van der Waals surface area (Å²) >= 11 is 2.14. The van der Waals surface area contributed by atoms with Gasteiger partial charge in [-0.1, -0.05) is 6.07 Å². The Kier molecular flexibility index (Phi) is 4.72. The van der Waals surface area contributed by atoms with Gasteiger partial charge in [0.2, 0.25) is 17.7 Å². The van der Waals surface area contributed by atoms with Gasteiger partial charge in [0, 0.05) is 9.13 Å². The normalized spacial score (nSPS) is 9.95. The number of hydrogen-bond donors (Lipinski definition) is 1. The first-order chi connectivity index (χ1) is 9.62. The lowest BCUT2D eigenvalue weighted by atomic mass is 10.2. The zero-order chi connectivity index (χ0) is 14.5. The fourth-order valence-corrected chi connectivity index (χ4v) is 2.02. The molecule has 1 heterocycles. The van der Waals surface area contributed by atoms with Crippen molar-refractivity contribution in [2.45, 2.75) is 0 Å². The van der Waals surface area contributed by atoms with Crippen LogP contribution in [0.15, 0.2) is 30.3 Å². The molecule has 0 aliphatic rings. The molecule has 20 heavy (non-hydrogen) atoms. The van der Waals surface area contributed by atoms with E-state index in [0.717, 1.165) is 3.57 Å². The maximum atomic E-state index is 12.1. The number of carbonyl (C=O) groups excluding carboxylic acids is 1. The highest BCUT2D eigenvalue weighted by Gasteiger charge is 2.11. The summed E-state index contributed by atoms with van der Waals surface area (Å²) < 4.78 is 11.0. The van der Waals surface area contributed by atoms with Crippen molar-refractivity contribution in [2.24, 2.45) is 0 Å². The van der Waals surface area contributed by atoms with Crippen molar-refractivity contribution in [3.63, 3.8) is 0 Å². The third-order valence-corrected chi connectivity index (χ3v) is 3.08. The number of benzene rings is 1. The Bertz CT molecular complexity index is 612. The number of aromatic nitrogens is 2. The number of carbonyl (C=O) groups is 1. The van der Waals surface area contributed by atoms with Gasteiger partial charge in [0.1, 0.15) is 0 Å². The van der Waals surface area contributed by atoms with Crippen LogP contribution in [0.5, 0.6) is 11.8 Å². The number of halogens is 1. The Morgan fingerprint density at radius 1 is 1.15 bits per heavy atom. The summed E-state index contributed by atoms with van der Waals surface area (Å²) in [5.74, 6) is 0.466. The second-order valence-corrected chi connectivity index (χ2v) is 4.99. The Balaban J connectivity index is 2.23. The lowest BCUT2D eigenvalue weighted by Gasteiger charge is -2.07. The summed E-state index contributed by atoms with van der Waals surface area (Å²) in [5.41, 5.74) is 0.530. The van der Waals surface area contributed by atoms with Gasteiger partial charge in [-0.05, 0) is 40.8 Å². The quantitative estimate of drug-likeness (QED) is 0.819. The van der Waals surface area contributed by atoms with Crippen molar-refractivity contribution in [1.29, 1.82) is 0 Å². The van der Waals surface area contributed by atoms with E-state index in [1.54, 1.807) is 12.1 Å². The van der Waals surface area contributed by atoms with Crippen LogP contribution in [0.3, 0.4) is 0 Å². The Morgan fingerprint density at radius 3 is 2.35 bits per heavy atom. The molecule has 2 aromatic rings. The van der Waals surface area contributed by atoms with Crippen molar-refractivity contribution in [1.82, 2.24) is 9.97 Å². The average molecular weight is 385 g/mol. The minimum Gasteiger partial charge on any atom is -0.481 e. The zero-order valence-electron chi connectivity index (χ0n) is 10.9. The number of anilines is 1. The van der Waals surface area contributed by atoms with E-state index in [9.17, 15) is 4.79 Å². The van der Waals surface area contributed by atoms with Crippen LogP contribution in [-0.2, 0) is 0 Å². The minimum absolute atomic E-state index is 0.130. The van der Waals surface area contributed by atoms with Gasteiger partial charge in [0.15, 0.2) is 0 Å². The number of hydrogen-bond acceptors (Lipinski definition) is 5. The number of methoxy groups -OCH3 is 2. The van der Waals surface area contributed by atoms with Crippen molar-refractivity contribution < 1.29 is 14.3 Å². The van der Waals surface area contributed by atoms with E-state index >= 15 is 0 Å². The molecule has 2 rings (SSSR count). The van der Waals surface area contributed by atoms with Gasteiger partial charge in [-0.3, -0.25) is 10.1 Å². The smallest absolute Gasteiger partial charge is 0.258 e. The van der Waals surface area contributed by atoms with Crippen molar-refractivity contribution >= 4 is 34.4 Å². The molecule has 0 unspecified atom stereocenters. The summed E-state index contributed by atoms with van der Waals surface area (Å²) in [5, 5.41) is 2.61. The summed E-state index contributed by atoms with van der Waals surface area (Å²) in [4.78, 5) is 20.2. The molecule has 1 amide bonds. The number of ether oxygens (including phenoxy) is 2. The van der Waals surface area contributed by atoms with Gasteiger partial charge >= 0.3 is 0 Å². The highest BCUT2D eigenvalue weighted by atomic mass is 127. The maximum absolute atomic E-state index is 12.1. The molecular weight excluding hydrogens is 373 g/mol. The van der Waals surface area contributed by atoms with Crippen LogP contribution in [0, 0.1) is 3.57 Å². The van der Waals surface area contributed by atoms with Crippen molar-refractivity contribution in [3.05, 3.63) is 39.5 Å². The Morgan fingerprint density at radius 2 is 1.80 bits per heavy atom. The van der Waals surface area contributed by atoms with Gasteiger partial charge < -0.3 is 9.47 Å². The molecule has 0 radical (unpaired) electrons. The molecule has 7 heteroatoms. The van der Waals surface area contributed by atoms with E-state index in [1.807, 2.05) is 12.1 Å². The van der Waals surface area contributed by atoms with E-state index in [-0.39, 0.29) is 11.9 Å². The van der Waals surface area contributed by atoms with Gasteiger partial charge in [-0.2, -0.15) is 9.97 Å². The monoisotopic (exact) mass is 385 g/mol. The topological polar surface area (TPSA) is 73.3 Å². The lowest BCUT2D eigenvalue weighted by molar-refractivity contribution is 0.102. The van der Waals surface area contributed by atoms with Crippen LogP contribution in [0.1, 0.15) is 10.4 Å². The third kappa shape index (κ3) is 3.56. The third-order valence-electron chi connectivity index (χ3n) is 2.41.